The van der Waals surface area contributed by atoms with E-state index in [0.29, 0.717) is 19.0 Å². The van der Waals surface area contributed by atoms with E-state index < -0.39 is 6.61 Å². The van der Waals surface area contributed by atoms with Crippen LogP contribution in [0.3, 0.4) is 0 Å². The van der Waals surface area contributed by atoms with Gasteiger partial charge in [-0.3, -0.25) is 4.79 Å². The number of hydrogen-bond acceptors (Lipinski definition) is 4. The van der Waals surface area contributed by atoms with Gasteiger partial charge in [0.1, 0.15) is 0 Å². The van der Waals surface area contributed by atoms with Crippen LogP contribution in [0.25, 0.3) is 0 Å². The van der Waals surface area contributed by atoms with Crippen LogP contribution in [0.15, 0.2) is 18.2 Å². The van der Waals surface area contributed by atoms with Crippen LogP contribution in [0.4, 0.5) is 8.78 Å². The summed E-state index contributed by atoms with van der Waals surface area (Å²) < 4.78 is 34.4. The second kappa shape index (κ2) is 7.59. The Morgan fingerprint density at radius 2 is 2.17 bits per heavy atom. The van der Waals surface area contributed by atoms with Crippen LogP contribution in [0.5, 0.6) is 11.5 Å². The van der Waals surface area contributed by atoms with Gasteiger partial charge >= 0.3 is 6.61 Å². The number of carbonyl (C=O) groups is 1. The fourth-order valence-electron chi connectivity index (χ4n) is 2.91. The summed E-state index contributed by atoms with van der Waals surface area (Å²) in [5, 5.41) is 0. The molecule has 1 aromatic rings. The minimum absolute atomic E-state index is 0.0344. The molecule has 7 heteroatoms. The number of piperidine rings is 1. The van der Waals surface area contributed by atoms with Gasteiger partial charge in [0.05, 0.1) is 7.11 Å². The Labute approximate surface area is 134 Å². The van der Waals surface area contributed by atoms with Crippen molar-refractivity contribution in [2.24, 2.45) is 11.7 Å². The molecule has 0 spiro atoms. The molecule has 2 N–H and O–H groups in total. The molecule has 1 aliphatic rings. The lowest BCUT2D eigenvalue weighted by Crippen LogP contribution is -2.49. The third kappa shape index (κ3) is 4.10. The van der Waals surface area contributed by atoms with Gasteiger partial charge in [0, 0.05) is 24.7 Å². The number of methoxy groups -OCH3 is 1. The van der Waals surface area contributed by atoms with Crippen LogP contribution in [0.2, 0.25) is 0 Å². The number of nitrogens with two attached hydrogens (primary N) is 1. The first-order chi connectivity index (χ1) is 11.0. The topological polar surface area (TPSA) is 64.8 Å². The van der Waals surface area contributed by atoms with Crippen LogP contribution in [-0.2, 0) is 0 Å². The van der Waals surface area contributed by atoms with E-state index in [0.717, 1.165) is 12.8 Å². The van der Waals surface area contributed by atoms with Gasteiger partial charge in [-0.25, -0.2) is 0 Å². The minimum atomic E-state index is -2.98. The van der Waals surface area contributed by atoms with Crippen molar-refractivity contribution in [1.82, 2.24) is 4.90 Å². The van der Waals surface area contributed by atoms with Crippen molar-refractivity contribution < 1.29 is 23.0 Å². The molecule has 23 heavy (non-hydrogen) atoms. The van der Waals surface area contributed by atoms with Gasteiger partial charge in [0.15, 0.2) is 11.5 Å². The van der Waals surface area contributed by atoms with E-state index in [2.05, 4.69) is 11.7 Å². The van der Waals surface area contributed by atoms with Crippen LogP contribution in [0.1, 0.15) is 30.1 Å². The van der Waals surface area contributed by atoms with E-state index in [4.69, 9.17) is 10.5 Å². The predicted molar refractivity (Wildman–Crippen MR) is 81.9 cm³/mol. The van der Waals surface area contributed by atoms with E-state index >= 15 is 0 Å². The maximum atomic E-state index is 12.7. The lowest BCUT2D eigenvalue weighted by molar-refractivity contribution is -0.0512. The average Bonchev–Trinajstić information content (AvgIpc) is 2.53. The van der Waals surface area contributed by atoms with Gasteiger partial charge < -0.3 is 20.1 Å². The maximum Gasteiger partial charge on any atom is 0.387 e. The number of rotatable bonds is 5. The van der Waals surface area contributed by atoms with E-state index in [1.807, 2.05) is 0 Å². The molecule has 1 aromatic carbocycles. The Morgan fingerprint density at radius 1 is 1.43 bits per heavy atom. The molecule has 1 fully saturated rings. The Kier molecular flexibility index (Phi) is 5.76. The first kappa shape index (κ1) is 17.5. The van der Waals surface area contributed by atoms with Crippen LogP contribution < -0.4 is 15.2 Å². The SMILES string of the molecule is COc1ccc(C(=O)N2CCC(C)CC2CN)cc1OC(F)F. The van der Waals surface area contributed by atoms with Crippen molar-refractivity contribution in [2.45, 2.75) is 32.4 Å². The summed E-state index contributed by atoms with van der Waals surface area (Å²) in [7, 11) is 1.35. The number of alkyl halides is 2. The zero-order valence-corrected chi connectivity index (χ0v) is 13.3. The van der Waals surface area contributed by atoms with Gasteiger partial charge in [-0.2, -0.15) is 8.78 Å². The molecule has 1 heterocycles. The summed E-state index contributed by atoms with van der Waals surface area (Å²) in [6, 6.07) is 4.26. The van der Waals surface area contributed by atoms with Crippen LogP contribution in [-0.4, -0.2) is 43.7 Å². The van der Waals surface area contributed by atoms with Crippen LogP contribution >= 0.6 is 0 Å². The number of carbonyl (C=O) groups excluding carboxylic acids is 1. The normalized spacial score (nSPS) is 21.4. The smallest absolute Gasteiger partial charge is 0.387 e. The summed E-state index contributed by atoms with van der Waals surface area (Å²) in [4.78, 5) is 14.4. The minimum Gasteiger partial charge on any atom is -0.493 e. The largest absolute Gasteiger partial charge is 0.493 e. The second-order valence-electron chi connectivity index (χ2n) is 5.76. The summed E-state index contributed by atoms with van der Waals surface area (Å²) in [6.07, 6.45) is 1.75. The molecule has 2 rings (SSSR count). The third-order valence-corrected chi connectivity index (χ3v) is 4.14. The summed E-state index contributed by atoms with van der Waals surface area (Å²) in [5.41, 5.74) is 6.06. The zero-order valence-electron chi connectivity index (χ0n) is 13.3. The zero-order chi connectivity index (χ0) is 17.0. The van der Waals surface area contributed by atoms with Crippen molar-refractivity contribution in [2.75, 3.05) is 20.2 Å². The molecule has 1 aliphatic heterocycles. The summed E-state index contributed by atoms with van der Waals surface area (Å²) in [5.74, 6) is 0.294. The molecule has 0 aliphatic carbocycles. The highest BCUT2D eigenvalue weighted by Crippen LogP contribution is 2.31. The second-order valence-corrected chi connectivity index (χ2v) is 5.76. The van der Waals surface area contributed by atoms with Crippen molar-refractivity contribution in [3.05, 3.63) is 23.8 Å². The van der Waals surface area contributed by atoms with E-state index in [9.17, 15) is 13.6 Å². The Bertz CT molecular complexity index is 554. The molecule has 0 bridgehead atoms. The highest BCUT2D eigenvalue weighted by Gasteiger charge is 2.30. The van der Waals surface area contributed by atoms with Crippen LogP contribution in [0, 0.1) is 5.92 Å². The first-order valence-electron chi connectivity index (χ1n) is 7.60. The molecule has 2 atom stereocenters. The fourth-order valence-corrected chi connectivity index (χ4v) is 2.91. The number of ether oxygens (including phenoxy) is 2. The molecule has 2 unspecified atom stereocenters. The molecule has 5 nitrogen and oxygen atoms in total. The maximum absolute atomic E-state index is 12.7. The molecular weight excluding hydrogens is 306 g/mol. The highest BCUT2D eigenvalue weighted by atomic mass is 19.3. The van der Waals surface area contributed by atoms with Crippen molar-refractivity contribution in [3.8, 4) is 11.5 Å². The fraction of sp³-hybridized carbons (Fsp3) is 0.562. The van der Waals surface area contributed by atoms with Crippen molar-refractivity contribution in [1.29, 1.82) is 0 Å². The lowest BCUT2D eigenvalue weighted by Gasteiger charge is -2.38. The standard InChI is InChI=1S/C16H22F2N2O3/c1-10-5-6-20(12(7-10)9-19)15(21)11-3-4-13(22-2)14(8-11)23-16(17)18/h3-4,8,10,12,16H,5-7,9,19H2,1-2H3. The van der Waals surface area contributed by atoms with Crippen molar-refractivity contribution in [3.63, 3.8) is 0 Å². The summed E-state index contributed by atoms with van der Waals surface area (Å²) >= 11 is 0. The molecule has 0 aromatic heterocycles. The van der Waals surface area contributed by atoms with Gasteiger partial charge in [-0.15, -0.1) is 0 Å². The van der Waals surface area contributed by atoms with Gasteiger partial charge in [-0.1, -0.05) is 6.92 Å². The van der Waals surface area contributed by atoms with E-state index in [-0.39, 0.29) is 29.0 Å². The van der Waals surface area contributed by atoms with Crippen molar-refractivity contribution >= 4 is 5.91 Å². The Hall–Kier alpha value is -1.89. The molecule has 1 saturated heterocycles. The molecule has 128 valence electrons. The molecule has 1 amide bonds. The van der Waals surface area contributed by atoms with Gasteiger partial charge in [0.25, 0.3) is 5.91 Å². The molecular formula is C16H22F2N2O3. The first-order valence-corrected chi connectivity index (χ1v) is 7.60. The van der Waals surface area contributed by atoms with Gasteiger partial charge in [0.2, 0.25) is 0 Å². The number of likely N-dealkylation sites (tertiary alicyclic amines) is 1. The Balaban J connectivity index is 2.24. The number of nitrogens with zero attached hydrogens (tertiary/aromatic N) is 1. The number of benzene rings is 1. The number of amides is 1. The third-order valence-electron chi connectivity index (χ3n) is 4.14. The highest BCUT2D eigenvalue weighted by molar-refractivity contribution is 5.95. The lowest BCUT2D eigenvalue weighted by atomic mass is 9.92. The monoisotopic (exact) mass is 328 g/mol. The van der Waals surface area contributed by atoms with E-state index in [1.54, 1.807) is 11.0 Å². The average molecular weight is 328 g/mol. The van der Waals surface area contributed by atoms with Gasteiger partial charge in [-0.05, 0) is 37.0 Å². The number of hydrogen-bond donors (Lipinski definition) is 1. The predicted octanol–water partition coefficient (Wildman–Crippen LogP) is 2.50. The number of halogens is 2. The molecule has 0 saturated carbocycles. The molecule has 0 radical (unpaired) electrons. The van der Waals surface area contributed by atoms with E-state index in [1.165, 1.54) is 19.2 Å². The summed E-state index contributed by atoms with van der Waals surface area (Å²) in [6.45, 7) is 0.139. The Morgan fingerprint density at radius 3 is 2.78 bits per heavy atom. The quantitative estimate of drug-likeness (QED) is 0.902.